The number of halogens is 4. The summed E-state index contributed by atoms with van der Waals surface area (Å²) in [5.74, 6) is 0. The maximum atomic E-state index is 12.1. The molecule has 0 saturated heterocycles. The third-order valence-electron chi connectivity index (χ3n) is 3.06. The summed E-state index contributed by atoms with van der Waals surface area (Å²) < 4.78 is 25.6. The van der Waals surface area contributed by atoms with Crippen molar-refractivity contribution in [3.8, 4) is 0 Å². The van der Waals surface area contributed by atoms with Crippen LogP contribution in [-0.2, 0) is 13.1 Å². The topological polar surface area (TPSA) is 33.1 Å². The molecule has 1 rings (SSSR count). The molecular weight excluding hydrogens is 321 g/mol. The third kappa shape index (κ3) is 10.0. The van der Waals surface area contributed by atoms with E-state index in [1.165, 1.54) is 4.68 Å². The van der Waals surface area contributed by atoms with E-state index in [9.17, 15) is 8.78 Å². The quantitative estimate of drug-likeness (QED) is 0.661. The van der Waals surface area contributed by atoms with Crippen molar-refractivity contribution in [1.29, 1.82) is 0 Å². The van der Waals surface area contributed by atoms with E-state index in [0.29, 0.717) is 6.54 Å². The van der Waals surface area contributed by atoms with Crippen molar-refractivity contribution in [2.75, 3.05) is 26.2 Å². The van der Waals surface area contributed by atoms with Crippen LogP contribution < -0.4 is 5.32 Å². The summed E-state index contributed by atoms with van der Waals surface area (Å²) in [4.78, 5) is 2.38. The Balaban J connectivity index is 0. The maximum Gasteiger partial charge on any atom is 0.257 e. The van der Waals surface area contributed by atoms with Crippen molar-refractivity contribution in [2.45, 2.75) is 39.8 Å². The molecule has 0 spiro atoms. The molecular formula is C13H26Cl2F2N4. The molecule has 0 aliphatic carbocycles. The molecule has 0 aliphatic rings. The van der Waals surface area contributed by atoms with E-state index in [1.54, 1.807) is 12.4 Å². The van der Waals surface area contributed by atoms with Crippen molar-refractivity contribution < 1.29 is 8.78 Å². The Kier molecular flexibility index (Phi) is 14.4. The average Bonchev–Trinajstić information content (AvgIpc) is 2.80. The van der Waals surface area contributed by atoms with Crippen molar-refractivity contribution in [3.05, 3.63) is 18.0 Å². The average molecular weight is 347 g/mol. The van der Waals surface area contributed by atoms with Gasteiger partial charge < -0.3 is 10.2 Å². The summed E-state index contributed by atoms with van der Waals surface area (Å²) in [7, 11) is 0. The van der Waals surface area contributed by atoms with Gasteiger partial charge in [-0.1, -0.05) is 13.8 Å². The summed E-state index contributed by atoms with van der Waals surface area (Å²) in [5.41, 5.74) is 0.948. The van der Waals surface area contributed by atoms with Gasteiger partial charge in [-0.05, 0) is 32.6 Å². The predicted molar refractivity (Wildman–Crippen MR) is 86.8 cm³/mol. The number of aromatic nitrogens is 2. The van der Waals surface area contributed by atoms with Crippen LogP contribution in [0.2, 0.25) is 0 Å². The maximum absolute atomic E-state index is 12.1. The molecule has 0 radical (unpaired) electrons. The molecule has 1 aromatic rings. The van der Waals surface area contributed by atoms with Gasteiger partial charge in [0.2, 0.25) is 0 Å². The van der Waals surface area contributed by atoms with Crippen molar-refractivity contribution >= 4 is 24.8 Å². The molecule has 0 fully saturated rings. The van der Waals surface area contributed by atoms with Crippen LogP contribution in [0.3, 0.4) is 0 Å². The number of nitrogens with one attached hydrogen (secondary N) is 1. The lowest BCUT2D eigenvalue weighted by molar-refractivity contribution is 0.122. The van der Waals surface area contributed by atoms with Gasteiger partial charge in [-0.25, -0.2) is 8.78 Å². The smallest absolute Gasteiger partial charge is 0.257 e. The Morgan fingerprint density at radius 2 is 1.95 bits per heavy atom. The minimum Gasteiger partial charge on any atom is -0.313 e. The minimum atomic E-state index is -2.35. The van der Waals surface area contributed by atoms with Crippen molar-refractivity contribution in [2.24, 2.45) is 0 Å². The first-order valence-electron chi connectivity index (χ1n) is 6.88. The fourth-order valence-electron chi connectivity index (χ4n) is 1.94. The van der Waals surface area contributed by atoms with E-state index >= 15 is 0 Å². The zero-order valence-electron chi connectivity index (χ0n) is 12.6. The van der Waals surface area contributed by atoms with Crippen LogP contribution in [0, 0.1) is 0 Å². The number of nitrogens with zero attached hydrogens (tertiary/aromatic N) is 3. The van der Waals surface area contributed by atoms with Gasteiger partial charge in [0, 0.05) is 18.3 Å². The standard InChI is InChI=1S/C13H24F2N4.2ClH/c1-3-18(4-2)7-5-6-16-8-12-9-17-19(10-12)11-13(14)15;;/h9-10,13,16H,3-8,11H2,1-2H3;2*1H. The first-order chi connectivity index (χ1) is 9.15. The Labute approximate surface area is 138 Å². The molecule has 1 N–H and O–H groups in total. The van der Waals surface area contributed by atoms with E-state index < -0.39 is 6.43 Å². The van der Waals surface area contributed by atoms with Gasteiger partial charge in [0.15, 0.2) is 0 Å². The second-order valence-electron chi connectivity index (χ2n) is 4.52. The highest BCUT2D eigenvalue weighted by Crippen LogP contribution is 2.01. The number of rotatable bonds is 10. The second kappa shape index (κ2) is 13.2. The molecule has 0 aliphatic heterocycles. The Hall–Kier alpha value is -0.430. The van der Waals surface area contributed by atoms with E-state index in [4.69, 9.17) is 0 Å². The van der Waals surface area contributed by atoms with Gasteiger partial charge in [0.05, 0.1) is 6.20 Å². The predicted octanol–water partition coefficient (Wildman–Crippen LogP) is 2.81. The van der Waals surface area contributed by atoms with E-state index in [2.05, 4.69) is 29.2 Å². The van der Waals surface area contributed by atoms with Crippen molar-refractivity contribution in [3.63, 3.8) is 0 Å². The van der Waals surface area contributed by atoms with Gasteiger partial charge in [-0.15, -0.1) is 24.8 Å². The molecule has 1 heterocycles. The zero-order chi connectivity index (χ0) is 14.1. The van der Waals surface area contributed by atoms with Gasteiger partial charge in [-0.3, -0.25) is 4.68 Å². The number of alkyl halides is 2. The number of hydrogen-bond donors (Lipinski definition) is 1. The van der Waals surface area contributed by atoms with Gasteiger partial charge in [0.25, 0.3) is 6.43 Å². The van der Waals surface area contributed by atoms with Crippen LogP contribution >= 0.6 is 24.8 Å². The highest BCUT2D eigenvalue weighted by molar-refractivity contribution is 5.85. The Morgan fingerprint density at radius 3 is 2.52 bits per heavy atom. The summed E-state index contributed by atoms with van der Waals surface area (Å²) in [5, 5.41) is 7.20. The van der Waals surface area contributed by atoms with Gasteiger partial charge in [0.1, 0.15) is 6.54 Å². The molecule has 126 valence electrons. The number of hydrogen-bond acceptors (Lipinski definition) is 3. The van der Waals surface area contributed by atoms with E-state index in [0.717, 1.165) is 38.2 Å². The Bertz CT molecular complexity index is 347. The minimum absolute atomic E-state index is 0. The molecule has 4 nitrogen and oxygen atoms in total. The highest BCUT2D eigenvalue weighted by Gasteiger charge is 2.05. The van der Waals surface area contributed by atoms with Crippen LogP contribution in [0.4, 0.5) is 8.78 Å². The van der Waals surface area contributed by atoms with Crippen LogP contribution in [-0.4, -0.2) is 47.3 Å². The third-order valence-corrected chi connectivity index (χ3v) is 3.06. The highest BCUT2D eigenvalue weighted by atomic mass is 35.5. The Morgan fingerprint density at radius 1 is 1.29 bits per heavy atom. The fourth-order valence-corrected chi connectivity index (χ4v) is 1.94. The zero-order valence-corrected chi connectivity index (χ0v) is 14.2. The second-order valence-corrected chi connectivity index (χ2v) is 4.52. The molecule has 0 unspecified atom stereocenters. The largest absolute Gasteiger partial charge is 0.313 e. The van der Waals surface area contributed by atoms with Gasteiger partial charge in [-0.2, -0.15) is 5.10 Å². The van der Waals surface area contributed by atoms with E-state index in [-0.39, 0.29) is 31.4 Å². The van der Waals surface area contributed by atoms with Crippen molar-refractivity contribution in [1.82, 2.24) is 20.0 Å². The fraction of sp³-hybridized carbons (Fsp3) is 0.769. The van der Waals surface area contributed by atoms with E-state index in [1.807, 2.05) is 0 Å². The molecule has 0 bridgehead atoms. The summed E-state index contributed by atoms with van der Waals surface area (Å²) >= 11 is 0. The van der Waals surface area contributed by atoms with Crippen LogP contribution in [0.15, 0.2) is 12.4 Å². The molecule has 0 saturated carbocycles. The van der Waals surface area contributed by atoms with Gasteiger partial charge >= 0.3 is 0 Å². The van der Waals surface area contributed by atoms with Crippen LogP contribution in [0.5, 0.6) is 0 Å². The summed E-state index contributed by atoms with van der Waals surface area (Å²) in [6, 6.07) is 0. The molecule has 21 heavy (non-hydrogen) atoms. The summed E-state index contributed by atoms with van der Waals surface area (Å²) in [6.45, 7) is 8.85. The lowest BCUT2D eigenvalue weighted by atomic mass is 10.3. The first-order valence-corrected chi connectivity index (χ1v) is 6.88. The molecule has 0 atom stereocenters. The summed E-state index contributed by atoms with van der Waals surface area (Å²) in [6.07, 6.45) is 2.05. The molecule has 0 aromatic carbocycles. The first kappa shape index (κ1) is 22.8. The lowest BCUT2D eigenvalue weighted by Gasteiger charge is -2.17. The molecule has 0 amide bonds. The SMILES string of the molecule is CCN(CC)CCCNCc1cnn(CC(F)F)c1.Cl.Cl. The molecule has 8 heteroatoms. The normalized spacial score (nSPS) is 10.6. The lowest BCUT2D eigenvalue weighted by Crippen LogP contribution is -2.27. The van der Waals surface area contributed by atoms with Crippen LogP contribution in [0.25, 0.3) is 0 Å². The van der Waals surface area contributed by atoms with Crippen LogP contribution in [0.1, 0.15) is 25.8 Å². The molecule has 1 aromatic heterocycles. The monoisotopic (exact) mass is 346 g/mol.